The molecule has 94 valence electrons. The Morgan fingerprint density at radius 1 is 1.33 bits per heavy atom. The van der Waals surface area contributed by atoms with Crippen molar-refractivity contribution in [2.24, 2.45) is 0 Å². The molecule has 0 aliphatic rings. The first-order valence-corrected chi connectivity index (χ1v) is 5.86. The van der Waals surface area contributed by atoms with Crippen LogP contribution in [0.25, 0.3) is 0 Å². The van der Waals surface area contributed by atoms with E-state index in [2.05, 4.69) is 9.97 Å². The maximum Gasteiger partial charge on any atom is 0.216 e. The van der Waals surface area contributed by atoms with Crippen LogP contribution in [0.15, 0.2) is 36.7 Å². The maximum absolute atomic E-state index is 10.1. The van der Waals surface area contributed by atoms with Crippen LogP contribution in [0.5, 0.6) is 5.88 Å². The van der Waals surface area contributed by atoms with E-state index in [1.54, 1.807) is 18.2 Å². The zero-order valence-corrected chi connectivity index (χ0v) is 10.6. The van der Waals surface area contributed by atoms with Gasteiger partial charge in [-0.3, -0.25) is 0 Å². The molecule has 0 aliphatic carbocycles. The lowest BCUT2D eigenvalue weighted by atomic mass is 10.0. The molecule has 0 amide bonds. The van der Waals surface area contributed by atoms with Crippen LogP contribution in [0, 0.1) is 0 Å². The van der Waals surface area contributed by atoms with Crippen LogP contribution in [0.3, 0.4) is 0 Å². The van der Waals surface area contributed by atoms with Crippen LogP contribution in [-0.4, -0.2) is 22.2 Å². The first kappa shape index (κ1) is 12.8. The Labute approximate surface area is 110 Å². The summed E-state index contributed by atoms with van der Waals surface area (Å²) in [7, 11) is 1.54. The van der Waals surface area contributed by atoms with Crippen molar-refractivity contribution in [3.05, 3.63) is 52.9 Å². The highest BCUT2D eigenvalue weighted by molar-refractivity contribution is 6.31. The number of hydrogen-bond acceptors (Lipinski definition) is 4. The summed E-state index contributed by atoms with van der Waals surface area (Å²) < 4.78 is 5.01. The van der Waals surface area contributed by atoms with E-state index < -0.39 is 6.10 Å². The molecule has 2 rings (SSSR count). The fourth-order valence-electron chi connectivity index (χ4n) is 1.65. The van der Waals surface area contributed by atoms with E-state index >= 15 is 0 Å². The number of methoxy groups -OCH3 is 1. The third-order valence-electron chi connectivity index (χ3n) is 2.57. The highest BCUT2D eigenvalue weighted by Crippen LogP contribution is 2.25. The van der Waals surface area contributed by atoms with Gasteiger partial charge in [-0.1, -0.05) is 29.8 Å². The van der Waals surface area contributed by atoms with Gasteiger partial charge >= 0.3 is 0 Å². The lowest BCUT2D eigenvalue weighted by molar-refractivity contribution is 0.177. The predicted molar refractivity (Wildman–Crippen MR) is 68.7 cm³/mol. The van der Waals surface area contributed by atoms with Crippen molar-refractivity contribution < 1.29 is 9.84 Å². The van der Waals surface area contributed by atoms with Gasteiger partial charge in [0.15, 0.2) is 0 Å². The van der Waals surface area contributed by atoms with E-state index in [1.165, 1.54) is 13.4 Å². The molecule has 0 saturated carbocycles. The largest absolute Gasteiger partial charge is 0.481 e. The van der Waals surface area contributed by atoms with Crippen molar-refractivity contribution >= 4 is 11.6 Å². The Bertz CT molecular complexity index is 534. The summed E-state index contributed by atoms with van der Waals surface area (Å²) in [6.45, 7) is 0. The molecule has 0 spiro atoms. The molecule has 0 aliphatic heterocycles. The number of hydrogen-bond donors (Lipinski definition) is 1. The molecule has 0 radical (unpaired) electrons. The maximum atomic E-state index is 10.1. The van der Waals surface area contributed by atoms with E-state index in [0.29, 0.717) is 28.6 Å². The fourth-order valence-corrected chi connectivity index (χ4v) is 1.92. The zero-order chi connectivity index (χ0) is 13.0. The average molecular weight is 265 g/mol. The molecule has 0 fully saturated rings. The van der Waals surface area contributed by atoms with Crippen molar-refractivity contribution in [1.29, 1.82) is 0 Å². The predicted octanol–water partition coefficient (Wildman–Crippen LogP) is 2.41. The lowest BCUT2D eigenvalue weighted by Crippen LogP contribution is -2.04. The summed E-state index contributed by atoms with van der Waals surface area (Å²) in [5.74, 6) is 0.478. The van der Waals surface area contributed by atoms with Gasteiger partial charge in [0.05, 0.1) is 18.9 Å². The second-order valence-electron chi connectivity index (χ2n) is 3.79. The molecule has 1 heterocycles. The van der Waals surface area contributed by atoms with Gasteiger partial charge in [0, 0.05) is 17.5 Å². The first-order chi connectivity index (χ1) is 8.70. The van der Waals surface area contributed by atoms with Crippen molar-refractivity contribution in [2.75, 3.05) is 7.11 Å². The van der Waals surface area contributed by atoms with E-state index in [0.717, 1.165) is 0 Å². The Morgan fingerprint density at radius 3 is 2.83 bits per heavy atom. The van der Waals surface area contributed by atoms with Crippen LogP contribution in [0.2, 0.25) is 5.02 Å². The van der Waals surface area contributed by atoms with Gasteiger partial charge in [0.2, 0.25) is 5.88 Å². The molecule has 0 saturated heterocycles. The number of aliphatic hydroxyl groups is 1. The minimum atomic E-state index is -0.696. The number of rotatable bonds is 4. The summed E-state index contributed by atoms with van der Waals surface area (Å²) in [4.78, 5) is 8.00. The zero-order valence-electron chi connectivity index (χ0n) is 9.88. The molecular weight excluding hydrogens is 252 g/mol. The van der Waals surface area contributed by atoms with Crippen molar-refractivity contribution in [2.45, 2.75) is 12.5 Å². The Hall–Kier alpha value is -1.65. The molecule has 1 aromatic carbocycles. The summed E-state index contributed by atoms with van der Waals surface area (Å²) in [6, 6.07) is 8.91. The quantitative estimate of drug-likeness (QED) is 0.921. The minimum Gasteiger partial charge on any atom is -0.481 e. The van der Waals surface area contributed by atoms with Crippen LogP contribution in [-0.2, 0) is 6.42 Å². The smallest absolute Gasteiger partial charge is 0.216 e. The fraction of sp³-hybridized carbons (Fsp3) is 0.231. The van der Waals surface area contributed by atoms with Crippen molar-refractivity contribution in [3.63, 3.8) is 0 Å². The minimum absolute atomic E-state index is 0.364. The van der Waals surface area contributed by atoms with Gasteiger partial charge < -0.3 is 9.84 Å². The number of aromatic nitrogens is 2. The highest BCUT2D eigenvalue weighted by Gasteiger charge is 2.13. The Balaban J connectivity index is 2.16. The van der Waals surface area contributed by atoms with Crippen LogP contribution in [0.4, 0.5) is 0 Å². The molecule has 2 aromatic rings. The van der Waals surface area contributed by atoms with Gasteiger partial charge in [0.1, 0.15) is 6.33 Å². The van der Waals surface area contributed by atoms with E-state index in [1.807, 2.05) is 12.1 Å². The number of benzene rings is 1. The molecule has 1 N–H and O–H groups in total. The summed E-state index contributed by atoms with van der Waals surface area (Å²) in [5, 5.41) is 10.7. The van der Waals surface area contributed by atoms with E-state index in [-0.39, 0.29) is 0 Å². The van der Waals surface area contributed by atoms with Crippen LogP contribution in [0.1, 0.15) is 17.4 Å². The SMILES string of the molecule is COc1cc(CC(O)c2ccccc2Cl)ncn1. The molecule has 5 heteroatoms. The molecule has 1 atom stereocenters. The second-order valence-corrected chi connectivity index (χ2v) is 4.20. The number of halogens is 1. The Kier molecular flexibility index (Phi) is 4.12. The summed E-state index contributed by atoms with van der Waals surface area (Å²) in [6.07, 6.45) is 1.08. The monoisotopic (exact) mass is 264 g/mol. The number of ether oxygens (including phenoxy) is 1. The Morgan fingerprint density at radius 2 is 2.11 bits per heavy atom. The van der Waals surface area contributed by atoms with Gasteiger partial charge in [-0.25, -0.2) is 9.97 Å². The topological polar surface area (TPSA) is 55.2 Å². The number of aliphatic hydroxyl groups excluding tert-OH is 1. The van der Waals surface area contributed by atoms with Gasteiger partial charge in [0.25, 0.3) is 0 Å². The third-order valence-corrected chi connectivity index (χ3v) is 2.92. The van der Waals surface area contributed by atoms with Gasteiger partial charge in [-0.15, -0.1) is 0 Å². The summed E-state index contributed by atoms with van der Waals surface area (Å²) in [5.41, 5.74) is 1.39. The molecular formula is C13H13ClN2O2. The van der Waals surface area contributed by atoms with E-state index in [4.69, 9.17) is 16.3 Å². The standard InChI is InChI=1S/C13H13ClN2O2/c1-18-13-7-9(15-8-16-13)6-12(17)10-4-2-3-5-11(10)14/h2-5,7-8,12,17H,6H2,1H3. The highest BCUT2D eigenvalue weighted by atomic mass is 35.5. The van der Waals surface area contributed by atoms with Crippen molar-refractivity contribution in [3.8, 4) is 5.88 Å². The average Bonchev–Trinajstić information content (AvgIpc) is 2.39. The van der Waals surface area contributed by atoms with E-state index in [9.17, 15) is 5.11 Å². The molecule has 0 bridgehead atoms. The molecule has 1 unspecified atom stereocenters. The lowest BCUT2D eigenvalue weighted by Gasteiger charge is -2.12. The van der Waals surface area contributed by atoms with Crippen LogP contribution < -0.4 is 4.74 Å². The van der Waals surface area contributed by atoms with Gasteiger partial charge in [-0.2, -0.15) is 0 Å². The molecule has 4 nitrogen and oxygen atoms in total. The third kappa shape index (κ3) is 2.97. The van der Waals surface area contributed by atoms with Crippen molar-refractivity contribution in [1.82, 2.24) is 9.97 Å². The number of nitrogens with zero attached hydrogens (tertiary/aromatic N) is 2. The van der Waals surface area contributed by atoms with Crippen LogP contribution >= 0.6 is 11.6 Å². The summed E-state index contributed by atoms with van der Waals surface area (Å²) >= 11 is 6.03. The van der Waals surface area contributed by atoms with Gasteiger partial charge in [-0.05, 0) is 11.6 Å². The molecule has 1 aromatic heterocycles. The second kappa shape index (κ2) is 5.80. The normalized spacial score (nSPS) is 12.2. The first-order valence-electron chi connectivity index (χ1n) is 5.48. The molecule has 18 heavy (non-hydrogen) atoms.